The molecule has 0 unspecified atom stereocenters. The summed E-state index contributed by atoms with van der Waals surface area (Å²) in [6.45, 7) is 0.767. The normalized spacial score (nSPS) is 12.2. The van der Waals surface area contributed by atoms with Gasteiger partial charge < -0.3 is 15.4 Å². The topological polar surface area (TPSA) is 50.4 Å². The molecule has 0 spiro atoms. The van der Waals surface area contributed by atoms with Crippen molar-refractivity contribution in [2.24, 2.45) is 0 Å². The maximum atomic E-state index is 12.2. The number of hydrogen-bond donors (Lipinski definition) is 2. The number of amides is 1. The van der Waals surface area contributed by atoms with E-state index in [1.165, 1.54) is 21.9 Å². The summed E-state index contributed by atoms with van der Waals surface area (Å²) in [5, 5.41) is 8.81. The number of carbonyl (C=O) groups excluding carboxylic acids is 1. The summed E-state index contributed by atoms with van der Waals surface area (Å²) in [5.41, 5.74) is 4.88. The second-order valence-corrected chi connectivity index (χ2v) is 6.59. The molecule has 4 heteroatoms. The fourth-order valence-corrected chi connectivity index (χ4v) is 3.58. The first-order valence-corrected chi connectivity index (χ1v) is 8.91. The van der Waals surface area contributed by atoms with Gasteiger partial charge in [0.15, 0.2) is 0 Å². The lowest BCUT2D eigenvalue weighted by atomic mass is 10.0. The third kappa shape index (κ3) is 3.23. The standard InChI is InChI=1S/C22H22N2O2/c1-26-18-10-5-15(6-11-18)13-24-21(25)14-23-20-12-9-17-8-7-16-3-2-4-19(20)22(16)17/h2-6,9-12,23H,7-8,13-14H2,1H3,(H,24,25). The summed E-state index contributed by atoms with van der Waals surface area (Å²) in [4.78, 5) is 12.2. The minimum absolute atomic E-state index is 0.0240. The molecule has 1 amide bonds. The van der Waals surface area contributed by atoms with Gasteiger partial charge >= 0.3 is 0 Å². The molecule has 2 N–H and O–H groups in total. The van der Waals surface area contributed by atoms with Crippen molar-refractivity contribution in [3.63, 3.8) is 0 Å². The van der Waals surface area contributed by atoms with Gasteiger partial charge in [0.2, 0.25) is 5.91 Å². The number of benzene rings is 3. The van der Waals surface area contributed by atoms with Crippen LogP contribution in [0.5, 0.6) is 5.75 Å². The molecule has 1 aliphatic carbocycles. The van der Waals surface area contributed by atoms with Crippen molar-refractivity contribution < 1.29 is 9.53 Å². The van der Waals surface area contributed by atoms with Crippen LogP contribution in [-0.2, 0) is 24.2 Å². The highest BCUT2D eigenvalue weighted by molar-refractivity contribution is 6.00. The van der Waals surface area contributed by atoms with Gasteiger partial charge in [0, 0.05) is 17.6 Å². The van der Waals surface area contributed by atoms with Gasteiger partial charge in [-0.05, 0) is 53.1 Å². The van der Waals surface area contributed by atoms with Gasteiger partial charge in [0.25, 0.3) is 0 Å². The Morgan fingerprint density at radius 2 is 1.77 bits per heavy atom. The Labute approximate surface area is 153 Å². The zero-order chi connectivity index (χ0) is 17.9. The zero-order valence-corrected chi connectivity index (χ0v) is 14.8. The predicted octanol–water partition coefficient (Wildman–Crippen LogP) is 3.68. The van der Waals surface area contributed by atoms with Crippen LogP contribution in [0.15, 0.2) is 54.6 Å². The maximum Gasteiger partial charge on any atom is 0.239 e. The number of ether oxygens (including phenoxy) is 1. The average Bonchev–Trinajstić information content (AvgIpc) is 3.11. The van der Waals surface area contributed by atoms with Crippen LogP contribution in [0.3, 0.4) is 0 Å². The van der Waals surface area contributed by atoms with E-state index in [-0.39, 0.29) is 12.5 Å². The van der Waals surface area contributed by atoms with Crippen molar-refractivity contribution in [3.8, 4) is 5.75 Å². The Kier molecular flexibility index (Phi) is 4.48. The second kappa shape index (κ2) is 7.08. The quantitative estimate of drug-likeness (QED) is 0.716. The SMILES string of the molecule is COc1ccc(CNC(=O)CNc2ccc3c4c(cccc24)CC3)cc1. The van der Waals surface area contributed by atoms with E-state index in [2.05, 4.69) is 41.0 Å². The minimum Gasteiger partial charge on any atom is -0.497 e. The lowest BCUT2D eigenvalue weighted by Gasteiger charge is -2.12. The number of carbonyl (C=O) groups is 1. The van der Waals surface area contributed by atoms with Gasteiger partial charge in [-0.15, -0.1) is 0 Å². The van der Waals surface area contributed by atoms with E-state index in [1.807, 2.05) is 24.3 Å². The smallest absolute Gasteiger partial charge is 0.239 e. The van der Waals surface area contributed by atoms with Gasteiger partial charge in [-0.2, -0.15) is 0 Å². The first-order valence-electron chi connectivity index (χ1n) is 8.91. The molecule has 0 aromatic heterocycles. The highest BCUT2D eigenvalue weighted by atomic mass is 16.5. The Balaban J connectivity index is 1.38. The highest BCUT2D eigenvalue weighted by Gasteiger charge is 2.15. The number of hydrogen-bond acceptors (Lipinski definition) is 3. The van der Waals surface area contributed by atoms with Gasteiger partial charge in [0.1, 0.15) is 5.75 Å². The fourth-order valence-electron chi connectivity index (χ4n) is 3.58. The van der Waals surface area contributed by atoms with Crippen molar-refractivity contribution in [1.29, 1.82) is 0 Å². The average molecular weight is 346 g/mol. The molecular weight excluding hydrogens is 324 g/mol. The molecule has 0 atom stereocenters. The molecule has 0 saturated carbocycles. The third-order valence-electron chi connectivity index (χ3n) is 4.97. The first kappa shape index (κ1) is 16.5. The summed E-state index contributed by atoms with van der Waals surface area (Å²) >= 11 is 0. The molecule has 0 bridgehead atoms. The maximum absolute atomic E-state index is 12.2. The second-order valence-electron chi connectivity index (χ2n) is 6.59. The highest BCUT2D eigenvalue weighted by Crippen LogP contribution is 2.34. The van der Waals surface area contributed by atoms with Gasteiger partial charge in [-0.25, -0.2) is 0 Å². The van der Waals surface area contributed by atoms with E-state index in [1.54, 1.807) is 7.11 Å². The van der Waals surface area contributed by atoms with Crippen molar-refractivity contribution in [2.45, 2.75) is 19.4 Å². The zero-order valence-electron chi connectivity index (χ0n) is 14.8. The number of methoxy groups -OCH3 is 1. The molecule has 3 aromatic carbocycles. The Morgan fingerprint density at radius 1 is 1.00 bits per heavy atom. The largest absolute Gasteiger partial charge is 0.497 e. The Morgan fingerprint density at radius 3 is 2.54 bits per heavy atom. The third-order valence-corrected chi connectivity index (χ3v) is 4.97. The predicted molar refractivity (Wildman–Crippen MR) is 105 cm³/mol. The van der Waals surface area contributed by atoms with Gasteiger partial charge in [0.05, 0.1) is 13.7 Å². The molecule has 0 heterocycles. The van der Waals surface area contributed by atoms with Crippen LogP contribution in [0.2, 0.25) is 0 Å². The molecule has 0 radical (unpaired) electrons. The molecule has 1 aliphatic rings. The van der Waals surface area contributed by atoms with Crippen LogP contribution in [0.4, 0.5) is 5.69 Å². The van der Waals surface area contributed by atoms with Crippen LogP contribution >= 0.6 is 0 Å². The van der Waals surface area contributed by atoms with E-state index in [0.717, 1.165) is 29.8 Å². The molecule has 132 valence electrons. The number of nitrogens with one attached hydrogen (secondary N) is 2. The van der Waals surface area contributed by atoms with E-state index < -0.39 is 0 Å². The van der Waals surface area contributed by atoms with Crippen LogP contribution < -0.4 is 15.4 Å². The summed E-state index contributed by atoms with van der Waals surface area (Å²) in [6, 6.07) is 18.4. The van der Waals surface area contributed by atoms with Crippen LogP contribution in [0.1, 0.15) is 16.7 Å². The summed E-state index contributed by atoms with van der Waals surface area (Å²) < 4.78 is 5.14. The molecule has 0 fully saturated rings. The lowest BCUT2D eigenvalue weighted by molar-refractivity contribution is -0.119. The monoisotopic (exact) mass is 346 g/mol. The summed E-state index contributed by atoms with van der Waals surface area (Å²) in [6.07, 6.45) is 2.22. The Hall–Kier alpha value is -3.01. The number of aryl methyl sites for hydroxylation is 2. The molecule has 0 aliphatic heterocycles. The lowest BCUT2D eigenvalue weighted by Crippen LogP contribution is -2.29. The van der Waals surface area contributed by atoms with Crippen molar-refractivity contribution >= 4 is 22.4 Å². The molecule has 4 nitrogen and oxygen atoms in total. The fraction of sp³-hybridized carbons (Fsp3) is 0.227. The van der Waals surface area contributed by atoms with Crippen LogP contribution in [0, 0.1) is 0 Å². The molecule has 0 saturated heterocycles. The summed E-state index contributed by atoms with van der Waals surface area (Å²) in [7, 11) is 1.64. The van der Waals surface area contributed by atoms with Crippen LogP contribution in [-0.4, -0.2) is 19.6 Å². The molecular formula is C22H22N2O2. The van der Waals surface area contributed by atoms with E-state index in [4.69, 9.17) is 4.74 Å². The molecule has 3 aromatic rings. The van der Waals surface area contributed by atoms with E-state index in [9.17, 15) is 4.79 Å². The Bertz CT molecular complexity index is 938. The summed E-state index contributed by atoms with van der Waals surface area (Å²) in [5.74, 6) is 0.790. The first-order chi connectivity index (χ1) is 12.7. The van der Waals surface area contributed by atoms with Crippen LogP contribution in [0.25, 0.3) is 10.8 Å². The minimum atomic E-state index is -0.0240. The molecule has 4 rings (SSSR count). The van der Waals surface area contributed by atoms with E-state index in [0.29, 0.717) is 6.54 Å². The number of rotatable bonds is 6. The van der Waals surface area contributed by atoms with Gasteiger partial charge in [-0.3, -0.25) is 4.79 Å². The van der Waals surface area contributed by atoms with Gasteiger partial charge in [-0.1, -0.05) is 36.4 Å². The number of anilines is 1. The van der Waals surface area contributed by atoms with Crippen molar-refractivity contribution in [1.82, 2.24) is 5.32 Å². The van der Waals surface area contributed by atoms with E-state index >= 15 is 0 Å². The van der Waals surface area contributed by atoms with Crippen molar-refractivity contribution in [2.75, 3.05) is 19.0 Å². The van der Waals surface area contributed by atoms with Crippen molar-refractivity contribution in [3.05, 3.63) is 71.3 Å². The molecule has 26 heavy (non-hydrogen) atoms.